The standard InChI is InChI=1S/C14H26O2/c1-16-12-7-5-6-11(10-12)13-8-3-2-4-9-14(13)15/h11-15H,2-10H2,1H3. The summed E-state index contributed by atoms with van der Waals surface area (Å²) in [5, 5.41) is 10.2. The van der Waals surface area contributed by atoms with Crippen LogP contribution >= 0.6 is 0 Å². The molecule has 2 aliphatic carbocycles. The maximum atomic E-state index is 10.2. The second kappa shape index (κ2) is 6.02. The van der Waals surface area contributed by atoms with E-state index in [1.54, 1.807) is 0 Å². The highest BCUT2D eigenvalue weighted by Crippen LogP contribution is 2.38. The van der Waals surface area contributed by atoms with Crippen molar-refractivity contribution >= 4 is 0 Å². The molecule has 1 N–H and O–H groups in total. The normalized spacial score (nSPS) is 41.6. The monoisotopic (exact) mass is 226 g/mol. The van der Waals surface area contributed by atoms with Gasteiger partial charge in [-0.15, -0.1) is 0 Å². The van der Waals surface area contributed by atoms with Gasteiger partial charge in [0.05, 0.1) is 12.2 Å². The Bertz CT molecular complexity index is 205. The van der Waals surface area contributed by atoms with Gasteiger partial charge in [-0.1, -0.05) is 25.7 Å². The zero-order valence-electron chi connectivity index (χ0n) is 10.5. The maximum absolute atomic E-state index is 10.2. The highest BCUT2D eigenvalue weighted by Gasteiger charge is 2.33. The second-order valence-corrected chi connectivity index (χ2v) is 5.65. The average molecular weight is 226 g/mol. The predicted molar refractivity (Wildman–Crippen MR) is 65.3 cm³/mol. The summed E-state index contributed by atoms with van der Waals surface area (Å²) in [4.78, 5) is 0. The highest BCUT2D eigenvalue weighted by molar-refractivity contribution is 4.84. The molecule has 0 aromatic rings. The minimum Gasteiger partial charge on any atom is -0.393 e. The van der Waals surface area contributed by atoms with Crippen LogP contribution in [-0.2, 0) is 4.74 Å². The van der Waals surface area contributed by atoms with Gasteiger partial charge in [0.2, 0.25) is 0 Å². The Balaban J connectivity index is 1.93. The maximum Gasteiger partial charge on any atom is 0.0574 e. The minimum absolute atomic E-state index is 0.0388. The van der Waals surface area contributed by atoms with Crippen LogP contribution in [0.2, 0.25) is 0 Å². The largest absolute Gasteiger partial charge is 0.393 e. The number of rotatable bonds is 2. The van der Waals surface area contributed by atoms with E-state index in [2.05, 4.69) is 0 Å². The van der Waals surface area contributed by atoms with Crippen LogP contribution in [0.25, 0.3) is 0 Å². The zero-order chi connectivity index (χ0) is 11.4. The summed E-state index contributed by atoms with van der Waals surface area (Å²) < 4.78 is 5.50. The van der Waals surface area contributed by atoms with Crippen molar-refractivity contribution in [3.05, 3.63) is 0 Å². The van der Waals surface area contributed by atoms with Crippen LogP contribution in [-0.4, -0.2) is 24.4 Å². The van der Waals surface area contributed by atoms with Crippen LogP contribution in [0.4, 0.5) is 0 Å². The van der Waals surface area contributed by atoms with Crippen LogP contribution in [0.15, 0.2) is 0 Å². The summed E-state index contributed by atoms with van der Waals surface area (Å²) in [5.74, 6) is 1.27. The molecule has 2 rings (SSSR count). The Morgan fingerprint density at radius 3 is 2.56 bits per heavy atom. The second-order valence-electron chi connectivity index (χ2n) is 5.65. The van der Waals surface area contributed by atoms with Crippen molar-refractivity contribution in [2.24, 2.45) is 11.8 Å². The fraction of sp³-hybridized carbons (Fsp3) is 1.00. The van der Waals surface area contributed by atoms with E-state index in [1.807, 2.05) is 7.11 Å². The van der Waals surface area contributed by atoms with Crippen molar-refractivity contribution in [1.82, 2.24) is 0 Å². The third-order valence-corrected chi connectivity index (χ3v) is 4.64. The Kier molecular flexibility index (Phi) is 4.66. The molecule has 0 heterocycles. The molecule has 0 aromatic carbocycles. The molecule has 0 saturated heterocycles. The first kappa shape index (κ1) is 12.4. The van der Waals surface area contributed by atoms with Crippen molar-refractivity contribution in [2.45, 2.75) is 70.0 Å². The molecule has 0 spiro atoms. The van der Waals surface area contributed by atoms with Gasteiger partial charge in [0, 0.05) is 7.11 Å². The van der Waals surface area contributed by atoms with E-state index >= 15 is 0 Å². The van der Waals surface area contributed by atoms with Crippen LogP contribution < -0.4 is 0 Å². The third-order valence-electron chi connectivity index (χ3n) is 4.64. The molecule has 2 fully saturated rings. The molecule has 2 nitrogen and oxygen atoms in total. The molecule has 4 atom stereocenters. The molecule has 2 aliphatic rings. The lowest BCUT2D eigenvalue weighted by Gasteiger charge is -2.35. The van der Waals surface area contributed by atoms with Crippen LogP contribution in [0.5, 0.6) is 0 Å². The number of ether oxygens (including phenoxy) is 1. The van der Waals surface area contributed by atoms with E-state index in [-0.39, 0.29) is 6.10 Å². The van der Waals surface area contributed by atoms with E-state index in [0.29, 0.717) is 17.9 Å². The molecule has 0 radical (unpaired) electrons. The van der Waals surface area contributed by atoms with E-state index < -0.39 is 0 Å². The number of hydrogen-bond donors (Lipinski definition) is 1. The fourth-order valence-electron chi connectivity index (χ4n) is 3.65. The average Bonchev–Trinajstić information content (AvgIpc) is 2.54. The lowest BCUT2D eigenvalue weighted by molar-refractivity contribution is 0.00133. The molecular formula is C14H26O2. The predicted octanol–water partition coefficient (Wildman–Crippen LogP) is 3.13. The molecule has 4 unspecified atom stereocenters. The molecule has 0 aromatic heterocycles. The molecular weight excluding hydrogens is 200 g/mol. The molecule has 0 bridgehead atoms. The van der Waals surface area contributed by atoms with E-state index in [1.165, 1.54) is 51.4 Å². The number of hydrogen-bond acceptors (Lipinski definition) is 2. The van der Waals surface area contributed by atoms with Gasteiger partial charge < -0.3 is 9.84 Å². The summed E-state index contributed by atoms with van der Waals surface area (Å²) in [6.45, 7) is 0. The summed E-state index contributed by atoms with van der Waals surface area (Å²) >= 11 is 0. The fourth-order valence-corrected chi connectivity index (χ4v) is 3.65. The van der Waals surface area contributed by atoms with Crippen molar-refractivity contribution in [3.8, 4) is 0 Å². The van der Waals surface area contributed by atoms with E-state index in [4.69, 9.17) is 4.74 Å². The molecule has 2 heteroatoms. The lowest BCUT2D eigenvalue weighted by Crippen LogP contribution is -2.33. The van der Waals surface area contributed by atoms with Gasteiger partial charge in [0.15, 0.2) is 0 Å². The van der Waals surface area contributed by atoms with Crippen LogP contribution in [0, 0.1) is 11.8 Å². The third kappa shape index (κ3) is 2.98. The molecule has 2 saturated carbocycles. The Hall–Kier alpha value is -0.0800. The first-order valence-electron chi connectivity index (χ1n) is 7.02. The molecule has 0 aliphatic heterocycles. The van der Waals surface area contributed by atoms with Crippen LogP contribution in [0.1, 0.15) is 57.8 Å². The quantitative estimate of drug-likeness (QED) is 0.733. The van der Waals surface area contributed by atoms with Crippen molar-refractivity contribution < 1.29 is 9.84 Å². The van der Waals surface area contributed by atoms with Gasteiger partial charge in [-0.3, -0.25) is 0 Å². The van der Waals surface area contributed by atoms with Gasteiger partial charge in [0.1, 0.15) is 0 Å². The first-order valence-corrected chi connectivity index (χ1v) is 7.02. The van der Waals surface area contributed by atoms with E-state index in [0.717, 1.165) is 6.42 Å². The van der Waals surface area contributed by atoms with E-state index in [9.17, 15) is 5.11 Å². The Morgan fingerprint density at radius 1 is 0.938 bits per heavy atom. The van der Waals surface area contributed by atoms with Crippen molar-refractivity contribution in [2.75, 3.05) is 7.11 Å². The molecule has 16 heavy (non-hydrogen) atoms. The smallest absolute Gasteiger partial charge is 0.0574 e. The van der Waals surface area contributed by atoms with Crippen molar-refractivity contribution in [3.63, 3.8) is 0 Å². The van der Waals surface area contributed by atoms with Gasteiger partial charge in [-0.25, -0.2) is 0 Å². The SMILES string of the molecule is COC1CCCC(C2CCCCCC2O)C1. The van der Waals surface area contributed by atoms with Crippen molar-refractivity contribution in [1.29, 1.82) is 0 Å². The zero-order valence-corrected chi connectivity index (χ0v) is 10.5. The topological polar surface area (TPSA) is 29.5 Å². The van der Waals surface area contributed by atoms with Gasteiger partial charge in [-0.05, 0) is 43.9 Å². The van der Waals surface area contributed by atoms with Gasteiger partial charge in [-0.2, -0.15) is 0 Å². The number of aliphatic hydroxyl groups excluding tert-OH is 1. The summed E-state index contributed by atoms with van der Waals surface area (Å²) in [6.07, 6.45) is 11.5. The lowest BCUT2D eigenvalue weighted by atomic mass is 9.74. The summed E-state index contributed by atoms with van der Waals surface area (Å²) in [6, 6.07) is 0. The first-order chi connectivity index (χ1) is 7.81. The Morgan fingerprint density at radius 2 is 1.75 bits per heavy atom. The summed E-state index contributed by atoms with van der Waals surface area (Å²) in [7, 11) is 1.83. The van der Waals surface area contributed by atoms with Gasteiger partial charge in [0.25, 0.3) is 0 Å². The molecule has 94 valence electrons. The number of aliphatic hydroxyl groups is 1. The van der Waals surface area contributed by atoms with Gasteiger partial charge >= 0.3 is 0 Å². The van der Waals surface area contributed by atoms with Crippen LogP contribution in [0.3, 0.4) is 0 Å². The highest BCUT2D eigenvalue weighted by atomic mass is 16.5. The number of methoxy groups -OCH3 is 1. The minimum atomic E-state index is -0.0388. The molecule has 0 amide bonds. The summed E-state index contributed by atoms with van der Waals surface area (Å²) in [5.41, 5.74) is 0. The Labute approximate surface area is 99.4 Å².